The van der Waals surface area contributed by atoms with Crippen molar-refractivity contribution in [3.8, 4) is 5.75 Å². The predicted octanol–water partition coefficient (Wildman–Crippen LogP) is 2.10. The summed E-state index contributed by atoms with van der Waals surface area (Å²) in [5, 5.41) is 23.5. The molecule has 21 heavy (non-hydrogen) atoms. The standard InChI is InChI=1S/C15H22N2O4/c1-21-15-6-11(5-14(7-15)17(19)20)8-16-9-12-3-2-4-13(12)10-18/h5-7,12-13,16,18H,2-4,8-10H2,1H3. The number of hydrogen-bond donors (Lipinski definition) is 2. The number of benzene rings is 1. The summed E-state index contributed by atoms with van der Waals surface area (Å²) in [5.74, 6) is 1.38. The zero-order valence-electron chi connectivity index (χ0n) is 12.2. The van der Waals surface area contributed by atoms with Crippen LogP contribution in [0.1, 0.15) is 24.8 Å². The van der Waals surface area contributed by atoms with Crippen LogP contribution in [0.5, 0.6) is 5.75 Å². The van der Waals surface area contributed by atoms with Gasteiger partial charge in [0.25, 0.3) is 5.69 Å². The third kappa shape index (κ3) is 4.15. The van der Waals surface area contributed by atoms with E-state index in [1.165, 1.54) is 19.6 Å². The van der Waals surface area contributed by atoms with Gasteiger partial charge in [-0.2, -0.15) is 0 Å². The van der Waals surface area contributed by atoms with E-state index in [2.05, 4.69) is 5.32 Å². The van der Waals surface area contributed by atoms with Crippen molar-refractivity contribution < 1.29 is 14.8 Å². The normalized spacial score (nSPS) is 21.4. The van der Waals surface area contributed by atoms with E-state index < -0.39 is 4.92 Å². The molecule has 6 heteroatoms. The largest absolute Gasteiger partial charge is 0.496 e. The van der Waals surface area contributed by atoms with Gasteiger partial charge in [-0.3, -0.25) is 10.1 Å². The lowest BCUT2D eigenvalue weighted by Gasteiger charge is -2.18. The van der Waals surface area contributed by atoms with Crippen molar-refractivity contribution in [2.75, 3.05) is 20.3 Å². The summed E-state index contributed by atoms with van der Waals surface area (Å²) in [7, 11) is 1.50. The maximum absolute atomic E-state index is 10.9. The number of ether oxygens (including phenoxy) is 1. The zero-order chi connectivity index (χ0) is 15.2. The van der Waals surface area contributed by atoms with Crippen LogP contribution in [0.4, 0.5) is 5.69 Å². The van der Waals surface area contributed by atoms with E-state index in [-0.39, 0.29) is 12.3 Å². The van der Waals surface area contributed by atoms with Crippen molar-refractivity contribution >= 4 is 5.69 Å². The van der Waals surface area contributed by atoms with E-state index in [4.69, 9.17) is 4.74 Å². The van der Waals surface area contributed by atoms with Gasteiger partial charge in [0.1, 0.15) is 5.75 Å². The fraction of sp³-hybridized carbons (Fsp3) is 0.600. The number of hydrogen-bond acceptors (Lipinski definition) is 5. The highest BCUT2D eigenvalue weighted by Crippen LogP contribution is 2.30. The number of aliphatic hydroxyl groups excluding tert-OH is 1. The van der Waals surface area contributed by atoms with Crippen molar-refractivity contribution in [2.45, 2.75) is 25.8 Å². The van der Waals surface area contributed by atoms with Gasteiger partial charge in [-0.05, 0) is 42.9 Å². The van der Waals surface area contributed by atoms with E-state index in [0.717, 1.165) is 24.9 Å². The summed E-state index contributed by atoms with van der Waals surface area (Å²) >= 11 is 0. The molecule has 2 N–H and O–H groups in total. The first-order chi connectivity index (χ1) is 10.1. The molecule has 0 heterocycles. The third-order valence-electron chi connectivity index (χ3n) is 4.18. The minimum atomic E-state index is -0.412. The molecule has 6 nitrogen and oxygen atoms in total. The van der Waals surface area contributed by atoms with Crippen LogP contribution in [-0.2, 0) is 6.54 Å². The molecule has 1 fully saturated rings. The second kappa shape index (κ2) is 7.38. The van der Waals surface area contributed by atoms with E-state index in [1.54, 1.807) is 12.1 Å². The fourth-order valence-electron chi connectivity index (χ4n) is 2.99. The second-order valence-corrected chi connectivity index (χ2v) is 5.56. The van der Waals surface area contributed by atoms with Crippen molar-refractivity contribution in [2.24, 2.45) is 11.8 Å². The molecule has 0 amide bonds. The Labute approximate surface area is 124 Å². The Morgan fingerprint density at radius 3 is 2.81 bits per heavy atom. The van der Waals surface area contributed by atoms with Crippen LogP contribution in [0, 0.1) is 22.0 Å². The van der Waals surface area contributed by atoms with E-state index in [9.17, 15) is 15.2 Å². The molecule has 0 spiro atoms. The molecule has 2 atom stereocenters. The highest BCUT2D eigenvalue weighted by Gasteiger charge is 2.25. The molecule has 0 aliphatic heterocycles. The number of aliphatic hydroxyl groups is 1. The fourth-order valence-corrected chi connectivity index (χ4v) is 2.99. The maximum atomic E-state index is 10.9. The monoisotopic (exact) mass is 294 g/mol. The highest BCUT2D eigenvalue weighted by molar-refractivity contribution is 5.42. The van der Waals surface area contributed by atoms with Crippen LogP contribution in [0.3, 0.4) is 0 Å². The highest BCUT2D eigenvalue weighted by atomic mass is 16.6. The molecule has 2 rings (SSSR count). The summed E-state index contributed by atoms with van der Waals surface area (Å²) in [6.45, 7) is 1.64. The molecular formula is C15H22N2O4. The Bertz CT molecular complexity index is 493. The van der Waals surface area contributed by atoms with Gasteiger partial charge in [0, 0.05) is 19.2 Å². The van der Waals surface area contributed by atoms with E-state index in [0.29, 0.717) is 24.1 Å². The lowest BCUT2D eigenvalue weighted by atomic mass is 9.97. The van der Waals surface area contributed by atoms with Crippen LogP contribution in [0.25, 0.3) is 0 Å². The lowest BCUT2D eigenvalue weighted by molar-refractivity contribution is -0.385. The summed E-state index contributed by atoms with van der Waals surface area (Å²) in [6.07, 6.45) is 3.40. The topological polar surface area (TPSA) is 84.6 Å². The Balaban J connectivity index is 1.93. The Kier molecular flexibility index (Phi) is 5.52. The lowest BCUT2D eigenvalue weighted by Crippen LogP contribution is -2.26. The zero-order valence-corrected chi connectivity index (χ0v) is 12.2. The van der Waals surface area contributed by atoms with Gasteiger partial charge in [-0.1, -0.05) is 6.42 Å². The van der Waals surface area contributed by atoms with Gasteiger partial charge >= 0.3 is 0 Å². The minimum absolute atomic E-state index is 0.0419. The Morgan fingerprint density at radius 2 is 2.14 bits per heavy atom. The predicted molar refractivity (Wildman–Crippen MR) is 79.3 cm³/mol. The molecule has 1 aromatic carbocycles. The summed E-state index contributed by atoms with van der Waals surface area (Å²) in [4.78, 5) is 10.5. The van der Waals surface area contributed by atoms with Crippen LogP contribution < -0.4 is 10.1 Å². The molecule has 0 radical (unpaired) electrons. The van der Waals surface area contributed by atoms with Crippen molar-refractivity contribution in [1.82, 2.24) is 5.32 Å². The molecule has 1 aliphatic carbocycles. The van der Waals surface area contributed by atoms with Gasteiger partial charge in [0.15, 0.2) is 0 Å². The number of methoxy groups -OCH3 is 1. The van der Waals surface area contributed by atoms with Crippen LogP contribution in [-0.4, -0.2) is 30.3 Å². The van der Waals surface area contributed by atoms with Gasteiger partial charge in [-0.15, -0.1) is 0 Å². The van der Waals surface area contributed by atoms with E-state index in [1.807, 2.05) is 0 Å². The first-order valence-electron chi connectivity index (χ1n) is 7.28. The van der Waals surface area contributed by atoms with Crippen LogP contribution >= 0.6 is 0 Å². The molecule has 1 aliphatic rings. The molecule has 1 saturated carbocycles. The number of nitro groups is 1. The first-order valence-corrected chi connectivity index (χ1v) is 7.28. The van der Waals surface area contributed by atoms with Gasteiger partial charge in [-0.25, -0.2) is 0 Å². The molecule has 2 unspecified atom stereocenters. The van der Waals surface area contributed by atoms with Gasteiger partial charge < -0.3 is 15.2 Å². The smallest absolute Gasteiger partial charge is 0.273 e. The Morgan fingerprint density at radius 1 is 1.38 bits per heavy atom. The first kappa shape index (κ1) is 15.7. The quantitative estimate of drug-likeness (QED) is 0.594. The van der Waals surface area contributed by atoms with E-state index >= 15 is 0 Å². The third-order valence-corrected chi connectivity index (χ3v) is 4.18. The molecule has 0 aromatic heterocycles. The van der Waals surface area contributed by atoms with Crippen molar-refractivity contribution in [1.29, 1.82) is 0 Å². The average molecular weight is 294 g/mol. The van der Waals surface area contributed by atoms with Crippen molar-refractivity contribution in [3.05, 3.63) is 33.9 Å². The number of non-ortho nitro benzene ring substituents is 1. The maximum Gasteiger partial charge on any atom is 0.273 e. The molecule has 116 valence electrons. The summed E-state index contributed by atoms with van der Waals surface area (Å²) in [6, 6.07) is 4.79. The minimum Gasteiger partial charge on any atom is -0.496 e. The molecule has 0 saturated heterocycles. The summed E-state index contributed by atoms with van der Waals surface area (Å²) < 4.78 is 5.09. The number of nitro benzene ring substituents is 1. The molecule has 0 bridgehead atoms. The van der Waals surface area contributed by atoms with Gasteiger partial charge in [0.05, 0.1) is 18.1 Å². The number of rotatable bonds is 7. The van der Waals surface area contributed by atoms with Gasteiger partial charge in [0.2, 0.25) is 0 Å². The number of nitrogens with zero attached hydrogens (tertiary/aromatic N) is 1. The Hall–Kier alpha value is -1.66. The number of nitrogens with one attached hydrogen (secondary N) is 1. The summed E-state index contributed by atoms with van der Waals surface area (Å²) in [5.41, 5.74) is 0.875. The van der Waals surface area contributed by atoms with Crippen LogP contribution in [0.15, 0.2) is 18.2 Å². The molecular weight excluding hydrogens is 272 g/mol. The van der Waals surface area contributed by atoms with Crippen molar-refractivity contribution in [3.63, 3.8) is 0 Å². The average Bonchev–Trinajstić information content (AvgIpc) is 2.94. The second-order valence-electron chi connectivity index (χ2n) is 5.56. The van der Waals surface area contributed by atoms with Crippen LogP contribution in [0.2, 0.25) is 0 Å². The molecule has 1 aromatic rings. The SMILES string of the molecule is COc1cc(CNCC2CCCC2CO)cc([N+](=O)[O-])c1.